The van der Waals surface area contributed by atoms with Gasteiger partial charge in [-0.05, 0) is 55.5 Å². The molecule has 0 radical (unpaired) electrons. The third-order valence-corrected chi connectivity index (χ3v) is 4.11. The molecule has 2 aromatic rings. The maximum absolute atomic E-state index is 11.1. The second kappa shape index (κ2) is 4.95. The molecular weight excluding hydrogens is 248 g/mol. The van der Waals surface area contributed by atoms with E-state index >= 15 is 0 Å². The third kappa shape index (κ3) is 2.10. The van der Waals surface area contributed by atoms with Crippen LogP contribution in [0.15, 0.2) is 42.5 Å². The van der Waals surface area contributed by atoms with Crippen LogP contribution in [0.4, 0.5) is 0 Å². The van der Waals surface area contributed by atoms with Crippen LogP contribution in [0.25, 0.3) is 0 Å². The molecule has 2 aromatic carbocycles. The molecule has 1 N–H and O–H groups in total. The lowest BCUT2D eigenvalue weighted by Crippen LogP contribution is -2.23. The van der Waals surface area contributed by atoms with E-state index in [0.717, 1.165) is 29.7 Å². The molecule has 0 fully saturated rings. The van der Waals surface area contributed by atoms with Crippen LogP contribution in [0.3, 0.4) is 0 Å². The first kappa shape index (κ1) is 13.2. The molecule has 3 rings (SSSR count). The Morgan fingerprint density at radius 2 is 1.90 bits per heavy atom. The quantitative estimate of drug-likeness (QED) is 0.922. The predicted molar refractivity (Wildman–Crippen MR) is 80.1 cm³/mol. The number of hydrogen-bond acceptors (Lipinski definition) is 2. The Hall–Kier alpha value is -1.80. The topological polar surface area (TPSA) is 29.5 Å². The van der Waals surface area contributed by atoms with Gasteiger partial charge in [-0.15, -0.1) is 0 Å². The number of benzene rings is 2. The fourth-order valence-corrected chi connectivity index (χ4v) is 3.04. The van der Waals surface area contributed by atoms with Gasteiger partial charge in [-0.1, -0.05) is 35.9 Å². The van der Waals surface area contributed by atoms with Crippen LogP contribution in [0.5, 0.6) is 5.75 Å². The second-order valence-electron chi connectivity index (χ2n) is 5.48. The summed E-state index contributed by atoms with van der Waals surface area (Å²) in [7, 11) is 0. The second-order valence-corrected chi connectivity index (χ2v) is 5.48. The van der Waals surface area contributed by atoms with E-state index in [1.165, 1.54) is 11.1 Å². The molecule has 1 atom stereocenters. The molecule has 2 heteroatoms. The van der Waals surface area contributed by atoms with E-state index in [4.69, 9.17) is 4.74 Å². The number of aliphatic hydroxyl groups is 1. The number of aryl methyl sites for hydroxylation is 2. The summed E-state index contributed by atoms with van der Waals surface area (Å²) >= 11 is 0. The van der Waals surface area contributed by atoms with Gasteiger partial charge in [0, 0.05) is 0 Å². The summed E-state index contributed by atoms with van der Waals surface area (Å²) in [6.45, 7) is 4.69. The summed E-state index contributed by atoms with van der Waals surface area (Å²) in [5.74, 6) is 0.849. The van der Waals surface area contributed by atoms with Gasteiger partial charge in [0.25, 0.3) is 0 Å². The molecule has 2 nitrogen and oxygen atoms in total. The molecule has 20 heavy (non-hydrogen) atoms. The molecular formula is C18H20O2. The van der Waals surface area contributed by atoms with Gasteiger partial charge in [0.2, 0.25) is 0 Å². The summed E-state index contributed by atoms with van der Waals surface area (Å²) in [5.41, 5.74) is 3.60. The average molecular weight is 268 g/mol. The molecule has 1 aliphatic carbocycles. The standard InChI is InChI=1S/C18H20O2/c1-3-20-16-8-6-15(7-9-16)18(19)11-10-14-5-4-13(2)12-17(14)18/h4-9,12,19H,3,10-11H2,1-2H3. The molecule has 0 aliphatic heterocycles. The lowest BCUT2D eigenvalue weighted by molar-refractivity contribution is 0.0828. The van der Waals surface area contributed by atoms with Crippen molar-refractivity contribution in [1.82, 2.24) is 0 Å². The van der Waals surface area contributed by atoms with Crippen molar-refractivity contribution >= 4 is 0 Å². The molecule has 0 saturated carbocycles. The molecule has 1 unspecified atom stereocenters. The molecule has 1 aliphatic rings. The average Bonchev–Trinajstić information content (AvgIpc) is 2.78. The number of fused-ring (bicyclic) bond motifs is 1. The number of hydrogen-bond donors (Lipinski definition) is 1. The minimum absolute atomic E-state index is 0.658. The molecule has 0 aromatic heterocycles. The Morgan fingerprint density at radius 3 is 2.60 bits per heavy atom. The van der Waals surface area contributed by atoms with Crippen molar-refractivity contribution in [3.8, 4) is 5.75 Å². The molecule has 0 heterocycles. The highest BCUT2D eigenvalue weighted by molar-refractivity contribution is 5.47. The lowest BCUT2D eigenvalue weighted by atomic mass is 9.87. The van der Waals surface area contributed by atoms with E-state index in [2.05, 4.69) is 25.1 Å². The van der Waals surface area contributed by atoms with E-state index in [-0.39, 0.29) is 0 Å². The van der Waals surface area contributed by atoms with Gasteiger partial charge in [0.05, 0.1) is 6.61 Å². The molecule has 0 bridgehead atoms. The van der Waals surface area contributed by atoms with Crippen LogP contribution < -0.4 is 4.74 Å². The summed E-state index contributed by atoms with van der Waals surface area (Å²) in [5, 5.41) is 11.1. The summed E-state index contributed by atoms with van der Waals surface area (Å²) in [4.78, 5) is 0. The van der Waals surface area contributed by atoms with E-state index in [1.54, 1.807) is 0 Å². The van der Waals surface area contributed by atoms with Crippen LogP contribution in [0.1, 0.15) is 35.6 Å². The Kier molecular flexibility index (Phi) is 3.27. The van der Waals surface area contributed by atoms with Gasteiger partial charge >= 0.3 is 0 Å². The minimum Gasteiger partial charge on any atom is -0.494 e. The van der Waals surface area contributed by atoms with E-state index in [9.17, 15) is 5.11 Å². The summed E-state index contributed by atoms with van der Waals surface area (Å²) in [6, 6.07) is 14.2. The van der Waals surface area contributed by atoms with Crippen molar-refractivity contribution < 1.29 is 9.84 Å². The van der Waals surface area contributed by atoms with Gasteiger partial charge in [-0.25, -0.2) is 0 Å². The van der Waals surface area contributed by atoms with Gasteiger partial charge in [0.1, 0.15) is 11.4 Å². The van der Waals surface area contributed by atoms with Crippen molar-refractivity contribution in [1.29, 1.82) is 0 Å². The van der Waals surface area contributed by atoms with Crippen molar-refractivity contribution in [2.75, 3.05) is 6.61 Å². The van der Waals surface area contributed by atoms with Gasteiger partial charge < -0.3 is 9.84 Å². The van der Waals surface area contributed by atoms with Crippen molar-refractivity contribution in [3.05, 3.63) is 64.7 Å². The number of rotatable bonds is 3. The van der Waals surface area contributed by atoms with Crippen LogP contribution in [0.2, 0.25) is 0 Å². The molecule has 104 valence electrons. The van der Waals surface area contributed by atoms with Gasteiger partial charge in [0.15, 0.2) is 0 Å². The maximum Gasteiger partial charge on any atom is 0.119 e. The fourth-order valence-electron chi connectivity index (χ4n) is 3.04. The normalized spacial score (nSPS) is 20.8. The first-order valence-electron chi connectivity index (χ1n) is 7.19. The van der Waals surface area contributed by atoms with Crippen molar-refractivity contribution in [2.45, 2.75) is 32.3 Å². The molecule has 0 spiro atoms. The van der Waals surface area contributed by atoms with Crippen LogP contribution in [0, 0.1) is 6.92 Å². The SMILES string of the molecule is CCOc1ccc(C2(O)CCc3ccc(C)cc32)cc1. The van der Waals surface area contributed by atoms with Crippen LogP contribution in [-0.4, -0.2) is 11.7 Å². The monoisotopic (exact) mass is 268 g/mol. The van der Waals surface area contributed by atoms with Gasteiger partial charge in [-0.2, -0.15) is 0 Å². The zero-order chi connectivity index (χ0) is 14.2. The maximum atomic E-state index is 11.1. The summed E-state index contributed by atoms with van der Waals surface area (Å²) in [6.07, 6.45) is 1.68. The Morgan fingerprint density at radius 1 is 1.15 bits per heavy atom. The minimum atomic E-state index is -0.855. The summed E-state index contributed by atoms with van der Waals surface area (Å²) < 4.78 is 5.46. The fraction of sp³-hybridized carbons (Fsp3) is 0.333. The van der Waals surface area contributed by atoms with E-state index in [0.29, 0.717) is 6.61 Å². The zero-order valence-electron chi connectivity index (χ0n) is 12.0. The Balaban J connectivity index is 2.00. The Labute approximate surface area is 120 Å². The van der Waals surface area contributed by atoms with Crippen molar-refractivity contribution in [3.63, 3.8) is 0 Å². The Bertz CT molecular complexity index is 616. The third-order valence-electron chi connectivity index (χ3n) is 4.11. The predicted octanol–water partition coefficient (Wildman–Crippen LogP) is 3.58. The van der Waals surface area contributed by atoms with Gasteiger partial charge in [-0.3, -0.25) is 0 Å². The first-order chi connectivity index (χ1) is 9.63. The van der Waals surface area contributed by atoms with Crippen LogP contribution in [-0.2, 0) is 12.0 Å². The highest BCUT2D eigenvalue weighted by Crippen LogP contribution is 2.42. The first-order valence-corrected chi connectivity index (χ1v) is 7.19. The number of ether oxygens (including phenoxy) is 1. The molecule has 0 amide bonds. The lowest BCUT2D eigenvalue weighted by Gasteiger charge is -2.25. The van der Waals surface area contributed by atoms with E-state index < -0.39 is 5.60 Å². The highest BCUT2D eigenvalue weighted by atomic mass is 16.5. The van der Waals surface area contributed by atoms with E-state index in [1.807, 2.05) is 31.2 Å². The van der Waals surface area contributed by atoms with Crippen molar-refractivity contribution in [2.24, 2.45) is 0 Å². The van der Waals surface area contributed by atoms with Crippen LogP contribution >= 0.6 is 0 Å². The molecule has 0 saturated heterocycles. The highest BCUT2D eigenvalue weighted by Gasteiger charge is 2.38. The zero-order valence-corrected chi connectivity index (χ0v) is 12.0. The largest absolute Gasteiger partial charge is 0.494 e. The smallest absolute Gasteiger partial charge is 0.119 e.